The molecule has 0 aliphatic carbocycles. The van der Waals surface area contributed by atoms with E-state index in [0.29, 0.717) is 29.0 Å². The highest BCUT2D eigenvalue weighted by atomic mass is 32.2. The fraction of sp³-hybridized carbons (Fsp3) is 0.200. The van der Waals surface area contributed by atoms with Gasteiger partial charge in [0.2, 0.25) is 0 Å². The Morgan fingerprint density at radius 3 is 2.69 bits per heavy atom. The second-order valence-electron chi connectivity index (χ2n) is 6.83. The predicted octanol–water partition coefficient (Wildman–Crippen LogP) is 3.79. The molecule has 8 nitrogen and oxygen atoms in total. The average molecular weight is 408 g/mol. The minimum Gasteiger partial charge on any atom is -0.306 e. The average Bonchev–Trinajstić information content (AvgIpc) is 3.32. The Labute approximate surface area is 172 Å². The number of aromatic nitrogens is 5. The number of fused-ring (bicyclic) bond motifs is 1. The topological polar surface area (TPSA) is 91.7 Å². The minimum atomic E-state index is -0.246. The standard InChI is InChI=1S/C20H21N7OS/c1-12(2)27-16(10-29-19-21-11-22-25-19)24-18-17(27)14(4)23-20(28)26(18)9-15-7-5-13(3)6-8-15/h5-8,11H,1,4,9-10H2,2-3H3,(H,23,28)(H,21,22,25). The fourth-order valence-corrected chi connectivity index (χ4v) is 3.89. The van der Waals surface area contributed by atoms with E-state index in [-0.39, 0.29) is 6.03 Å². The number of nitrogens with one attached hydrogen (secondary N) is 2. The van der Waals surface area contributed by atoms with Gasteiger partial charge in [0.1, 0.15) is 17.8 Å². The van der Waals surface area contributed by atoms with E-state index in [1.54, 1.807) is 4.90 Å². The highest BCUT2D eigenvalue weighted by molar-refractivity contribution is 7.98. The molecule has 3 aromatic rings. The monoisotopic (exact) mass is 407 g/mol. The van der Waals surface area contributed by atoms with Crippen LogP contribution in [0.15, 0.2) is 48.9 Å². The summed E-state index contributed by atoms with van der Waals surface area (Å²) in [6.07, 6.45) is 1.46. The first-order chi connectivity index (χ1) is 13.9. The molecule has 0 radical (unpaired) electrons. The van der Waals surface area contributed by atoms with Gasteiger partial charge in [-0.25, -0.2) is 14.8 Å². The number of carbonyl (C=O) groups excluding carboxylic acids is 1. The van der Waals surface area contributed by atoms with Crippen LogP contribution >= 0.6 is 11.8 Å². The molecule has 0 atom stereocenters. The van der Waals surface area contributed by atoms with Crippen LogP contribution in [0.25, 0.3) is 11.4 Å². The first kappa shape index (κ1) is 19.0. The van der Waals surface area contributed by atoms with E-state index in [2.05, 4.69) is 33.7 Å². The van der Waals surface area contributed by atoms with E-state index >= 15 is 0 Å². The SMILES string of the molecule is C=C1NC(=O)N(Cc2ccc(C)cc2)c2nc(CSc3ncn[nH]3)n(C(=C)C)c21. The molecular weight excluding hydrogens is 386 g/mol. The van der Waals surface area contributed by atoms with E-state index in [9.17, 15) is 4.79 Å². The van der Waals surface area contributed by atoms with Gasteiger partial charge in [0.05, 0.1) is 18.0 Å². The van der Waals surface area contributed by atoms with Gasteiger partial charge in [0.15, 0.2) is 11.0 Å². The smallest absolute Gasteiger partial charge is 0.306 e. The quantitative estimate of drug-likeness (QED) is 0.607. The van der Waals surface area contributed by atoms with Gasteiger partial charge in [0, 0.05) is 5.70 Å². The van der Waals surface area contributed by atoms with Gasteiger partial charge >= 0.3 is 6.03 Å². The number of benzene rings is 1. The van der Waals surface area contributed by atoms with Crippen molar-refractivity contribution >= 4 is 35.0 Å². The van der Waals surface area contributed by atoms with Crippen molar-refractivity contribution in [3.05, 3.63) is 66.4 Å². The third kappa shape index (κ3) is 3.68. The summed E-state index contributed by atoms with van der Waals surface area (Å²) >= 11 is 1.48. The maximum atomic E-state index is 12.7. The fourth-order valence-electron chi connectivity index (χ4n) is 3.19. The molecule has 0 bridgehead atoms. The normalized spacial score (nSPS) is 13.4. The first-order valence-electron chi connectivity index (χ1n) is 9.03. The van der Waals surface area contributed by atoms with Crippen LogP contribution in [0, 0.1) is 6.92 Å². The van der Waals surface area contributed by atoms with Crippen molar-refractivity contribution in [2.45, 2.75) is 31.3 Å². The molecule has 9 heteroatoms. The molecular formula is C20H21N7OS. The van der Waals surface area contributed by atoms with Crippen LogP contribution in [0.3, 0.4) is 0 Å². The number of aromatic amines is 1. The number of nitrogens with zero attached hydrogens (tertiary/aromatic N) is 5. The summed E-state index contributed by atoms with van der Waals surface area (Å²) in [6, 6.07) is 7.85. The van der Waals surface area contributed by atoms with E-state index in [1.807, 2.05) is 42.7 Å². The van der Waals surface area contributed by atoms with Gasteiger partial charge in [-0.05, 0) is 19.4 Å². The molecule has 4 rings (SSSR count). The lowest BCUT2D eigenvalue weighted by Crippen LogP contribution is -2.43. The van der Waals surface area contributed by atoms with Crippen LogP contribution in [-0.4, -0.2) is 30.8 Å². The molecule has 1 aliphatic heterocycles. The van der Waals surface area contributed by atoms with Crippen LogP contribution in [0.2, 0.25) is 0 Å². The number of H-pyrrole nitrogens is 1. The molecule has 2 amide bonds. The maximum absolute atomic E-state index is 12.7. The van der Waals surface area contributed by atoms with Crippen molar-refractivity contribution in [1.29, 1.82) is 0 Å². The molecule has 29 heavy (non-hydrogen) atoms. The number of urea groups is 1. The molecule has 0 saturated carbocycles. The van der Waals surface area contributed by atoms with Crippen molar-refractivity contribution in [3.63, 3.8) is 0 Å². The van der Waals surface area contributed by atoms with Gasteiger partial charge < -0.3 is 5.32 Å². The van der Waals surface area contributed by atoms with Gasteiger partial charge in [-0.15, -0.1) is 0 Å². The second kappa shape index (κ2) is 7.59. The summed E-state index contributed by atoms with van der Waals surface area (Å²) in [5, 5.41) is 10.2. The number of aryl methyl sites for hydroxylation is 1. The molecule has 148 valence electrons. The summed E-state index contributed by atoms with van der Waals surface area (Å²) in [4.78, 5) is 23.3. The predicted molar refractivity (Wildman–Crippen MR) is 114 cm³/mol. The molecule has 0 saturated heterocycles. The molecule has 1 aliphatic rings. The molecule has 1 aromatic carbocycles. The lowest BCUT2D eigenvalue weighted by atomic mass is 10.1. The number of allylic oxidation sites excluding steroid dienone is 1. The Hall–Kier alpha value is -3.33. The first-order valence-corrected chi connectivity index (χ1v) is 10.0. The zero-order chi connectivity index (χ0) is 20.5. The number of amides is 2. The Kier molecular flexibility index (Phi) is 4.98. The van der Waals surface area contributed by atoms with Crippen molar-refractivity contribution in [3.8, 4) is 0 Å². The van der Waals surface area contributed by atoms with Crippen LogP contribution in [0.1, 0.15) is 29.6 Å². The molecule has 2 aromatic heterocycles. The van der Waals surface area contributed by atoms with Gasteiger partial charge in [-0.1, -0.05) is 54.7 Å². The van der Waals surface area contributed by atoms with Gasteiger partial charge in [-0.3, -0.25) is 14.6 Å². The number of thioether (sulfide) groups is 1. The van der Waals surface area contributed by atoms with Gasteiger partial charge in [0.25, 0.3) is 0 Å². The Morgan fingerprint density at radius 1 is 1.28 bits per heavy atom. The lowest BCUT2D eigenvalue weighted by Gasteiger charge is -2.28. The molecule has 3 heterocycles. The summed E-state index contributed by atoms with van der Waals surface area (Å²) in [5.74, 6) is 1.88. The van der Waals surface area contributed by atoms with Crippen LogP contribution < -0.4 is 10.2 Å². The van der Waals surface area contributed by atoms with Crippen LogP contribution in [0.4, 0.5) is 10.6 Å². The number of hydrogen-bond donors (Lipinski definition) is 2. The zero-order valence-corrected chi connectivity index (χ0v) is 17.1. The number of carbonyl (C=O) groups is 1. The third-order valence-electron chi connectivity index (χ3n) is 4.55. The van der Waals surface area contributed by atoms with Crippen LogP contribution in [0.5, 0.6) is 0 Å². The number of hydrogen-bond acceptors (Lipinski definition) is 5. The summed E-state index contributed by atoms with van der Waals surface area (Å²) in [7, 11) is 0. The molecule has 0 fully saturated rings. The lowest BCUT2D eigenvalue weighted by molar-refractivity contribution is 0.249. The number of rotatable bonds is 6. The van der Waals surface area contributed by atoms with Crippen molar-refractivity contribution in [2.75, 3.05) is 4.90 Å². The number of imidazole rings is 1. The van der Waals surface area contributed by atoms with E-state index in [1.165, 1.54) is 23.7 Å². The summed E-state index contributed by atoms with van der Waals surface area (Å²) in [6.45, 7) is 12.5. The Balaban J connectivity index is 1.72. The Morgan fingerprint density at radius 2 is 2.03 bits per heavy atom. The third-order valence-corrected chi connectivity index (χ3v) is 5.42. The second-order valence-corrected chi connectivity index (χ2v) is 7.79. The Bertz CT molecular complexity index is 1080. The minimum absolute atomic E-state index is 0.246. The highest BCUT2D eigenvalue weighted by Gasteiger charge is 2.33. The zero-order valence-electron chi connectivity index (χ0n) is 16.3. The molecule has 0 unspecified atom stereocenters. The van der Waals surface area contributed by atoms with Crippen molar-refractivity contribution in [1.82, 2.24) is 30.0 Å². The van der Waals surface area contributed by atoms with Crippen LogP contribution in [-0.2, 0) is 12.3 Å². The number of anilines is 1. The van der Waals surface area contributed by atoms with Crippen molar-refractivity contribution in [2.24, 2.45) is 0 Å². The largest absolute Gasteiger partial charge is 0.327 e. The summed E-state index contributed by atoms with van der Waals surface area (Å²) < 4.78 is 1.93. The van der Waals surface area contributed by atoms with E-state index < -0.39 is 0 Å². The highest BCUT2D eigenvalue weighted by Crippen LogP contribution is 2.35. The summed E-state index contributed by atoms with van der Waals surface area (Å²) in [5.41, 5.74) is 4.24. The molecule has 2 N–H and O–H groups in total. The van der Waals surface area contributed by atoms with Crippen molar-refractivity contribution < 1.29 is 4.79 Å². The van der Waals surface area contributed by atoms with Gasteiger partial charge in [-0.2, -0.15) is 5.10 Å². The maximum Gasteiger partial charge on any atom is 0.327 e. The molecule has 0 spiro atoms. The van der Waals surface area contributed by atoms with E-state index in [4.69, 9.17) is 4.98 Å². The van der Waals surface area contributed by atoms with E-state index in [0.717, 1.165) is 22.8 Å².